The van der Waals surface area contributed by atoms with E-state index in [1.165, 1.54) is 0 Å². The first kappa shape index (κ1) is 13.3. The van der Waals surface area contributed by atoms with E-state index in [0.717, 1.165) is 11.1 Å². The second kappa shape index (κ2) is 5.91. The van der Waals surface area contributed by atoms with Gasteiger partial charge in [0.1, 0.15) is 5.75 Å². The summed E-state index contributed by atoms with van der Waals surface area (Å²) in [5, 5.41) is 0. The fraction of sp³-hybridized carbons (Fsp3) is 0.250. The number of rotatable bonds is 2. The molecule has 1 aromatic rings. The predicted molar refractivity (Wildman–Crippen MR) is 43.5 cm³/mol. The van der Waals surface area contributed by atoms with Crippen molar-refractivity contribution >= 4 is 8.60 Å². The monoisotopic (exact) mass is 298 g/mol. The summed E-state index contributed by atoms with van der Waals surface area (Å²) in [5.74, 6) is 0.400. The molecule has 0 fully saturated rings. The molecule has 0 spiro atoms. The molecule has 1 aromatic carbocycles. The molecular weight excluding hydrogens is 287 g/mol. The number of hydrogen-bond donors (Lipinski definition) is 0. The first-order valence-electron chi connectivity index (χ1n) is 3.49. The van der Waals surface area contributed by atoms with E-state index in [2.05, 4.69) is 4.52 Å². The van der Waals surface area contributed by atoms with Crippen LogP contribution in [0.3, 0.4) is 0 Å². The van der Waals surface area contributed by atoms with Gasteiger partial charge in [0.2, 0.25) is 0 Å². The second-order valence-corrected chi connectivity index (χ2v) is 3.21. The van der Waals surface area contributed by atoms with E-state index < -0.39 is 8.60 Å². The Bertz CT molecular complexity index is 278. The molecule has 0 aliphatic rings. The molecule has 0 atom stereocenters. The van der Waals surface area contributed by atoms with Crippen LogP contribution in [0.2, 0.25) is 0 Å². The van der Waals surface area contributed by atoms with Crippen molar-refractivity contribution in [1.82, 2.24) is 0 Å². The summed E-state index contributed by atoms with van der Waals surface area (Å²) in [7, 11) is -2.80. The molecule has 0 radical (unpaired) electrons. The molecule has 0 saturated heterocycles. The van der Waals surface area contributed by atoms with E-state index >= 15 is 0 Å². The molecule has 0 amide bonds. The van der Waals surface area contributed by atoms with Crippen molar-refractivity contribution < 1.29 is 41.6 Å². The minimum absolute atomic E-state index is 0. The maximum Gasteiger partial charge on any atom is 2.00 e. The Morgan fingerprint density at radius 3 is 2.31 bits per heavy atom. The van der Waals surface area contributed by atoms with Gasteiger partial charge in [-0.15, -0.1) is 0 Å². The minimum atomic E-state index is -2.80. The zero-order valence-electron chi connectivity index (χ0n) is 7.61. The van der Waals surface area contributed by atoms with Crippen LogP contribution < -0.4 is 14.3 Å². The summed E-state index contributed by atoms with van der Waals surface area (Å²) in [5.41, 5.74) is 1.91. The van der Waals surface area contributed by atoms with Crippen molar-refractivity contribution in [3.05, 3.63) is 29.3 Å². The van der Waals surface area contributed by atoms with E-state index in [0.29, 0.717) is 5.75 Å². The average Bonchev–Trinajstić information content (AvgIpc) is 1.94. The normalized spacial score (nSPS) is 9.62. The minimum Gasteiger partial charge on any atom is -0.810 e. The molecule has 0 aliphatic heterocycles. The van der Waals surface area contributed by atoms with Crippen LogP contribution in [-0.2, 0) is 27.3 Å². The SMILES string of the molecule is Cc1ccc(OP([O-])[O-])c(C)c1.[Cd+2]. The van der Waals surface area contributed by atoms with Crippen LogP contribution in [0.4, 0.5) is 0 Å². The van der Waals surface area contributed by atoms with Gasteiger partial charge in [0.05, 0.1) is 0 Å². The van der Waals surface area contributed by atoms with E-state index in [1.807, 2.05) is 13.0 Å². The van der Waals surface area contributed by atoms with Crippen LogP contribution in [0, 0.1) is 13.8 Å². The number of hydrogen-bond acceptors (Lipinski definition) is 3. The van der Waals surface area contributed by atoms with Crippen LogP contribution in [-0.4, -0.2) is 0 Å². The third-order valence-corrected chi connectivity index (χ3v) is 1.85. The van der Waals surface area contributed by atoms with Crippen LogP contribution in [0.25, 0.3) is 0 Å². The summed E-state index contributed by atoms with van der Waals surface area (Å²) >= 11 is 0. The summed E-state index contributed by atoms with van der Waals surface area (Å²) in [6.07, 6.45) is 0. The molecule has 0 saturated carbocycles. The van der Waals surface area contributed by atoms with Gasteiger partial charge in [0, 0.05) is 0 Å². The van der Waals surface area contributed by atoms with E-state index in [1.54, 1.807) is 19.1 Å². The molecule has 3 nitrogen and oxygen atoms in total. The zero-order valence-corrected chi connectivity index (χ0v) is 12.5. The standard InChI is InChI=1S/C8H9O3P.Cd/c1-6-3-4-8(7(2)5-6)11-12(9)10;/h3-5H,1-2H3;/q-2;+2. The zero-order chi connectivity index (χ0) is 9.14. The van der Waals surface area contributed by atoms with Gasteiger partial charge in [-0.3, -0.25) is 0 Å². The molecule has 13 heavy (non-hydrogen) atoms. The van der Waals surface area contributed by atoms with Gasteiger partial charge in [-0.1, -0.05) is 26.3 Å². The van der Waals surface area contributed by atoms with Crippen LogP contribution >= 0.6 is 8.60 Å². The van der Waals surface area contributed by atoms with Crippen molar-refractivity contribution in [2.24, 2.45) is 0 Å². The summed E-state index contributed by atoms with van der Waals surface area (Å²) in [6.45, 7) is 3.75. The van der Waals surface area contributed by atoms with E-state index in [9.17, 15) is 9.79 Å². The molecule has 1 rings (SSSR count). The average molecular weight is 297 g/mol. The van der Waals surface area contributed by atoms with Gasteiger partial charge in [0.15, 0.2) is 0 Å². The first-order valence-corrected chi connectivity index (χ1v) is 4.59. The fourth-order valence-corrected chi connectivity index (χ4v) is 1.35. The van der Waals surface area contributed by atoms with Gasteiger partial charge < -0.3 is 14.3 Å². The Labute approximate surface area is 98.9 Å². The van der Waals surface area contributed by atoms with Crippen LogP contribution in [0.1, 0.15) is 11.1 Å². The Balaban J connectivity index is 0.00000144. The number of aryl methyl sites for hydroxylation is 2. The van der Waals surface area contributed by atoms with Crippen molar-refractivity contribution in [1.29, 1.82) is 0 Å². The fourth-order valence-electron chi connectivity index (χ4n) is 0.982. The molecule has 0 bridgehead atoms. The molecule has 66 valence electrons. The molecule has 0 heterocycles. The molecular formula is C8H9CdO3P. The Kier molecular flexibility index (Phi) is 6.04. The smallest absolute Gasteiger partial charge is 0.810 e. The maximum atomic E-state index is 10.2. The molecule has 0 N–H and O–H groups in total. The Hall–Kier alpha value is 0.292. The molecule has 0 unspecified atom stereocenters. The van der Waals surface area contributed by atoms with Crippen molar-refractivity contribution in [3.63, 3.8) is 0 Å². The molecule has 0 aromatic heterocycles. The Morgan fingerprint density at radius 2 is 1.85 bits per heavy atom. The summed E-state index contributed by atoms with van der Waals surface area (Å²) in [6, 6.07) is 5.32. The van der Waals surface area contributed by atoms with Gasteiger partial charge in [0.25, 0.3) is 0 Å². The van der Waals surface area contributed by atoms with Gasteiger partial charge in [-0.05, 0) is 25.5 Å². The predicted octanol–water partition coefficient (Wildman–Crippen LogP) is 0.627. The largest absolute Gasteiger partial charge is 2.00 e. The van der Waals surface area contributed by atoms with Crippen molar-refractivity contribution in [2.45, 2.75) is 13.8 Å². The van der Waals surface area contributed by atoms with E-state index in [-0.39, 0.29) is 27.3 Å². The van der Waals surface area contributed by atoms with Crippen molar-refractivity contribution in [2.75, 3.05) is 0 Å². The topological polar surface area (TPSA) is 55.3 Å². The summed E-state index contributed by atoms with van der Waals surface area (Å²) < 4.78 is 4.55. The first-order chi connectivity index (χ1) is 5.59. The van der Waals surface area contributed by atoms with Gasteiger partial charge in [-0.2, -0.15) is 0 Å². The third kappa shape index (κ3) is 4.35. The number of benzene rings is 1. The second-order valence-electron chi connectivity index (χ2n) is 2.58. The van der Waals surface area contributed by atoms with Crippen molar-refractivity contribution in [3.8, 4) is 5.75 Å². The van der Waals surface area contributed by atoms with Crippen LogP contribution in [0.15, 0.2) is 18.2 Å². The van der Waals surface area contributed by atoms with Crippen LogP contribution in [0.5, 0.6) is 5.75 Å². The molecule has 0 aliphatic carbocycles. The Morgan fingerprint density at radius 1 is 1.23 bits per heavy atom. The maximum absolute atomic E-state index is 10.2. The third-order valence-electron chi connectivity index (χ3n) is 1.50. The van der Waals surface area contributed by atoms with E-state index in [4.69, 9.17) is 0 Å². The van der Waals surface area contributed by atoms with Gasteiger partial charge in [-0.25, -0.2) is 0 Å². The van der Waals surface area contributed by atoms with Gasteiger partial charge >= 0.3 is 27.3 Å². The summed E-state index contributed by atoms with van der Waals surface area (Å²) in [4.78, 5) is 20.4. The molecule has 5 heteroatoms. The quantitative estimate of drug-likeness (QED) is 0.594.